The van der Waals surface area contributed by atoms with Crippen molar-refractivity contribution in [3.8, 4) is 11.4 Å². The van der Waals surface area contributed by atoms with E-state index in [1.165, 1.54) is 12.1 Å². The minimum absolute atomic E-state index is 0.0721. The highest BCUT2D eigenvalue weighted by Crippen LogP contribution is 2.29. The number of aromatic nitrogens is 2. The van der Waals surface area contributed by atoms with Crippen molar-refractivity contribution in [2.75, 3.05) is 5.73 Å². The summed E-state index contributed by atoms with van der Waals surface area (Å²) in [6.45, 7) is -2.86. The summed E-state index contributed by atoms with van der Waals surface area (Å²) in [5.41, 5.74) is 7.90. The van der Waals surface area contributed by atoms with Crippen molar-refractivity contribution in [1.82, 2.24) is 9.55 Å². The van der Waals surface area contributed by atoms with Crippen LogP contribution in [-0.4, -0.2) is 16.2 Å². The molecule has 0 aliphatic heterocycles. The second kappa shape index (κ2) is 5.21. The Labute approximate surface area is 123 Å². The summed E-state index contributed by atoms with van der Waals surface area (Å²) >= 11 is 6.19. The van der Waals surface area contributed by atoms with E-state index < -0.39 is 6.61 Å². The van der Waals surface area contributed by atoms with Crippen LogP contribution in [0.15, 0.2) is 42.5 Å². The number of fused-ring (bicyclic) bond motifs is 1. The minimum Gasteiger partial charge on any atom is -0.435 e. The van der Waals surface area contributed by atoms with Gasteiger partial charge in [-0.2, -0.15) is 8.78 Å². The van der Waals surface area contributed by atoms with Crippen molar-refractivity contribution in [3.05, 3.63) is 47.5 Å². The van der Waals surface area contributed by atoms with Gasteiger partial charge in [0.1, 0.15) is 5.75 Å². The maximum Gasteiger partial charge on any atom is 0.387 e. The Morgan fingerprint density at radius 2 is 1.86 bits per heavy atom. The standard InChI is InChI=1S/C14H10ClF2N3O/c15-10-2-1-3-11-12(10)20(14(18)19-11)8-4-6-9(7-5-8)21-13(16)17/h1-7,13H,(H2,18,19). The normalized spacial score (nSPS) is 11.2. The van der Waals surface area contributed by atoms with Crippen molar-refractivity contribution in [2.45, 2.75) is 6.61 Å². The maximum absolute atomic E-state index is 12.1. The summed E-state index contributed by atoms with van der Waals surface area (Å²) < 4.78 is 30.3. The minimum atomic E-state index is -2.86. The van der Waals surface area contributed by atoms with Crippen molar-refractivity contribution < 1.29 is 13.5 Å². The van der Waals surface area contributed by atoms with Crippen LogP contribution in [0.25, 0.3) is 16.7 Å². The van der Waals surface area contributed by atoms with Gasteiger partial charge in [-0.05, 0) is 36.4 Å². The molecule has 1 heterocycles. The van der Waals surface area contributed by atoms with Crippen LogP contribution in [0, 0.1) is 0 Å². The summed E-state index contributed by atoms with van der Waals surface area (Å²) in [6.07, 6.45) is 0. The SMILES string of the molecule is Nc1nc2cccc(Cl)c2n1-c1ccc(OC(F)F)cc1. The first-order valence-electron chi connectivity index (χ1n) is 6.04. The number of imidazole rings is 1. The Bertz CT molecular complexity index is 787. The molecular weight excluding hydrogens is 300 g/mol. The monoisotopic (exact) mass is 309 g/mol. The molecule has 2 N–H and O–H groups in total. The van der Waals surface area contributed by atoms with Gasteiger partial charge in [0.2, 0.25) is 5.95 Å². The number of nitrogens with two attached hydrogens (primary N) is 1. The van der Waals surface area contributed by atoms with E-state index in [0.29, 0.717) is 21.7 Å². The third-order valence-corrected chi connectivity index (χ3v) is 3.28. The molecular formula is C14H10ClF2N3O. The van der Waals surface area contributed by atoms with Crippen LogP contribution < -0.4 is 10.5 Å². The number of rotatable bonds is 3. The summed E-state index contributed by atoms with van der Waals surface area (Å²) in [7, 11) is 0. The van der Waals surface area contributed by atoms with Crippen LogP contribution in [-0.2, 0) is 0 Å². The fraction of sp³-hybridized carbons (Fsp3) is 0.0714. The first kappa shape index (κ1) is 13.6. The molecule has 4 nitrogen and oxygen atoms in total. The van der Waals surface area contributed by atoms with E-state index in [2.05, 4.69) is 9.72 Å². The third-order valence-electron chi connectivity index (χ3n) is 2.97. The largest absolute Gasteiger partial charge is 0.435 e. The molecule has 0 bridgehead atoms. The number of hydrogen-bond donors (Lipinski definition) is 1. The van der Waals surface area contributed by atoms with E-state index in [1.807, 2.05) is 0 Å². The number of ether oxygens (including phenoxy) is 1. The van der Waals surface area contributed by atoms with E-state index in [4.69, 9.17) is 17.3 Å². The quantitative estimate of drug-likeness (QED) is 0.799. The smallest absolute Gasteiger partial charge is 0.387 e. The van der Waals surface area contributed by atoms with Gasteiger partial charge in [-0.15, -0.1) is 0 Å². The van der Waals surface area contributed by atoms with Gasteiger partial charge in [0.15, 0.2) is 0 Å². The second-order valence-corrected chi connectivity index (χ2v) is 4.69. The number of halogens is 3. The van der Waals surface area contributed by atoms with Gasteiger partial charge < -0.3 is 10.5 Å². The molecule has 0 aliphatic carbocycles. The average Bonchev–Trinajstić information content (AvgIpc) is 2.77. The van der Waals surface area contributed by atoms with Gasteiger partial charge in [-0.3, -0.25) is 4.57 Å². The van der Waals surface area contributed by atoms with Gasteiger partial charge in [0.25, 0.3) is 0 Å². The highest BCUT2D eigenvalue weighted by Gasteiger charge is 2.13. The molecule has 0 saturated heterocycles. The zero-order valence-corrected chi connectivity index (χ0v) is 11.4. The van der Waals surface area contributed by atoms with Crippen molar-refractivity contribution >= 4 is 28.6 Å². The lowest BCUT2D eigenvalue weighted by Gasteiger charge is -2.09. The highest BCUT2D eigenvalue weighted by atomic mass is 35.5. The van der Waals surface area contributed by atoms with Gasteiger partial charge in [-0.25, -0.2) is 4.98 Å². The van der Waals surface area contributed by atoms with E-state index >= 15 is 0 Å². The van der Waals surface area contributed by atoms with Crippen LogP contribution in [0.1, 0.15) is 0 Å². The van der Waals surface area contributed by atoms with E-state index in [0.717, 1.165) is 0 Å². The van der Waals surface area contributed by atoms with E-state index in [1.54, 1.807) is 34.9 Å². The molecule has 0 saturated carbocycles. The first-order chi connectivity index (χ1) is 10.1. The topological polar surface area (TPSA) is 53.1 Å². The lowest BCUT2D eigenvalue weighted by Crippen LogP contribution is -2.03. The summed E-state index contributed by atoms with van der Waals surface area (Å²) in [5, 5.41) is 0.504. The van der Waals surface area contributed by atoms with Crippen LogP contribution in [0.2, 0.25) is 5.02 Å². The molecule has 2 aromatic carbocycles. The maximum atomic E-state index is 12.1. The number of hydrogen-bond acceptors (Lipinski definition) is 3. The number of benzene rings is 2. The summed E-state index contributed by atoms with van der Waals surface area (Å²) in [6, 6.07) is 11.4. The molecule has 3 rings (SSSR count). The lowest BCUT2D eigenvalue weighted by atomic mass is 10.2. The summed E-state index contributed by atoms with van der Waals surface area (Å²) in [5.74, 6) is 0.337. The Morgan fingerprint density at radius 1 is 1.14 bits per heavy atom. The van der Waals surface area contributed by atoms with Crippen LogP contribution in [0.3, 0.4) is 0 Å². The second-order valence-electron chi connectivity index (χ2n) is 4.29. The molecule has 0 radical (unpaired) electrons. The van der Waals surface area contributed by atoms with Crippen molar-refractivity contribution in [1.29, 1.82) is 0 Å². The fourth-order valence-electron chi connectivity index (χ4n) is 2.14. The molecule has 0 aliphatic rings. The Kier molecular flexibility index (Phi) is 3.39. The van der Waals surface area contributed by atoms with Gasteiger partial charge in [0.05, 0.1) is 16.1 Å². The van der Waals surface area contributed by atoms with Gasteiger partial charge in [-0.1, -0.05) is 17.7 Å². The van der Waals surface area contributed by atoms with Gasteiger partial charge in [0, 0.05) is 5.69 Å². The zero-order chi connectivity index (χ0) is 15.0. The molecule has 1 aromatic heterocycles. The predicted octanol–water partition coefficient (Wildman–Crippen LogP) is 3.86. The van der Waals surface area contributed by atoms with Crippen molar-refractivity contribution in [3.63, 3.8) is 0 Å². The van der Waals surface area contributed by atoms with Crippen molar-refractivity contribution in [2.24, 2.45) is 0 Å². The number of nitrogens with zero attached hydrogens (tertiary/aromatic N) is 2. The predicted molar refractivity (Wildman–Crippen MR) is 77.1 cm³/mol. The molecule has 108 valence electrons. The molecule has 21 heavy (non-hydrogen) atoms. The fourth-order valence-corrected chi connectivity index (χ4v) is 2.40. The van der Waals surface area contributed by atoms with Crippen LogP contribution in [0.4, 0.5) is 14.7 Å². The Hall–Kier alpha value is -2.34. The number of para-hydroxylation sites is 1. The van der Waals surface area contributed by atoms with Gasteiger partial charge >= 0.3 is 6.61 Å². The zero-order valence-electron chi connectivity index (χ0n) is 10.6. The molecule has 0 spiro atoms. The molecule has 0 unspecified atom stereocenters. The molecule has 0 amide bonds. The van der Waals surface area contributed by atoms with Crippen LogP contribution in [0.5, 0.6) is 5.75 Å². The average molecular weight is 310 g/mol. The Balaban J connectivity index is 2.10. The number of anilines is 1. The lowest BCUT2D eigenvalue weighted by molar-refractivity contribution is -0.0498. The number of alkyl halides is 2. The first-order valence-corrected chi connectivity index (χ1v) is 6.42. The number of nitrogen functional groups attached to an aromatic ring is 1. The molecule has 7 heteroatoms. The Morgan fingerprint density at radius 3 is 2.52 bits per heavy atom. The molecule has 3 aromatic rings. The third kappa shape index (κ3) is 2.50. The molecule has 0 atom stereocenters. The molecule has 0 fully saturated rings. The van der Waals surface area contributed by atoms with E-state index in [9.17, 15) is 8.78 Å². The summed E-state index contributed by atoms with van der Waals surface area (Å²) in [4.78, 5) is 4.23. The highest BCUT2D eigenvalue weighted by molar-refractivity contribution is 6.35. The van der Waals surface area contributed by atoms with E-state index in [-0.39, 0.29) is 11.7 Å². The van der Waals surface area contributed by atoms with Crippen LogP contribution >= 0.6 is 11.6 Å².